The van der Waals surface area contributed by atoms with Crippen molar-refractivity contribution in [2.24, 2.45) is 28.3 Å². The number of hydrogen-bond donors (Lipinski definition) is 4. The van der Waals surface area contributed by atoms with Crippen molar-refractivity contribution in [3.05, 3.63) is 22.8 Å². The zero-order valence-corrected chi connectivity index (χ0v) is 26.1. The molecule has 3 aliphatic rings. The number of aliphatic hydroxyl groups is 1. The number of rotatable bonds is 15. The molecule has 0 bridgehead atoms. The molecule has 1 aromatic rings. The van der Waals surface area contributed by atoms with E-state index in [2.05, 4.69) is 11.9 Å². The Balaban J connectivity index is 1.54. The molecule has 4 rings (SSSR count). The summed E-state index contributed by atoms with van der Waals surface area (Å²) in [5.41, 5.74) is 13.6. The number of aliphatic imine (C=N–C) groups is 1. The van der Waals surface area contributed by atoms with Crippen LogP contribution in [-0.4, -0.2) is 64.4 Å². The van der Waals surface area contributed by atoms with Crippen molar-refractivity contribution >= 4 is 17.8 Å². The number of nitrogens with zero attached hydrogens (tertiary/aromatic N) is 2. The van der Waals surface area contributed by atoms with Gasteiger partial charge in [0.25, 0.3) is 0 Å². The fourth-order valence-corrected chi connectivity index (χ4v) is 7.12. The number of aryl methyl sites for hydroxylation is 1. The molecule has 0 aromatic heterocycles. The van der Waals surface area contributed by atoms with Gasteiger partial charge in [-0.3, -0.25) is 14.6 Å². The number of unbranched alkanes of at least 4 members (excludes halogenated alkanes) is 2. The van der Waals surface area contributed by atoms with Crippen LogP contribution in [0.2, 0.25) is 0 Å². The number of hydrogen-bond acceptors (Lipinski definition) is 7. The Morgan fingerprint density at radius 2 is 2.02 bits per heavy atom. The summed E-state index contributed by atoms with van der Waals surface area (Å²) in [6.45, 7) is 4.90. The van der Waals surface area contributed by atoms with Crippen LogP contribution in [0.15, 0.2) is 11.1 Å². The number of aliphatic hydroxyl groups excluding tert-OH is 1. The molecule has 1 saturated carbocycles. The van der Waals surface area contributed by atoms with Crippen LogP contribution in [-0.2, 0) is 33.7 Å². The normalized spacial score (nSPS) is 22.7. The molecule has 2 aliphatic heterocycles. The van der Waals surface area contributed by atoms with Gasteiger partial charge in [0.15, 0.2) is 17.5 Å². The molecule has 10 heteroatoms. The number of aromatic hydroxyl groups is 1. The first-order valence-corrected chi connectivity index (χ1v) is 16.4. The number of benzene rings is 1. The Bertz CT molecular complexity index is 1140. The maximum atomic E-state index is 12.9. The minimum Gasteiger partial charge on any atom is -0.504 e. The van der Waals surface area contributed by atoms with E-state index in [1.54, 1.807) is 4.90 Å². The van der Waals surface area contributed by atoms with Gasteiger partial charge in [-0.1, -0.05) is 26.2 Å². The third kappa shape index (κ3) is 9.24. The number of nitrogens with two attached hydrogens (primary N) is 2. The highest BCUT2D eigenvalue weighted by molar-refractivity contribution is 5.79. The Labute approximate surface area is 256 Å². The first-order chi connectivity index (χ1) is 20.6. The van der Waals surface area contributed by atoms with Gasteiger partial charge in [0.1, 0.15) is 12.2 Å². The molecule has 2 fully saturated rings. The number of fused-ring (bicyclic) bond motifs is 2. The Hall–Kier alpha value is -3.01. The first kappa shape index (κ1) is 32.9. The number of ether oxygens (including phenoxy) is 2. The van der Waals surface area contributed by atoms with Crippen molar-refractivity contribution in [2.75, 3.05) is 13.1 Å². The van der Waals surface area contributed by atoms with Crippen molar-refractivity contribution < 1.29 is 29.3 Å². The van der Waals surface area contributed by atoms with Crippen LogP contribution in [0.4, 0.5) is 0 Å². The Morgan fingerprint density at radius 1 is 1.21 bits per heavy atom. The molecule has 5 atom stereocenters. The lowest BCUT2D eigenvalue weighted by atomic mass is 9.90. The molecule has 1 aliphatic carbocycles. The molecule has 0 unspecified atom stereocenters. The van der Waals surface area contributed by atoms with Gasteiger partial charge in [-0.25, -0.2) is 0 Å². The number of guanidine groups is 1. The molecule has 0 radical (unpaired) electrons. The molecular weight excluding hydrogens is 548 g/mol. The largest absolute Gasteiger partial charge is 0.504 e. The lowest BCUT2D eigenvalue weighted by Crippen LogP contribution is -2.26. The maximum Gasteiger partial charge on any atom is 0.302 e. The lowest BCUT2D eigenvalue weighted by molar-refractivity contribution is -0.148. The van der Waals surface area contributed by atoms with E-state index in [4.69, 9.17) is 20.9 Å². The second-order valence-electron chi connectivity index (χ2n) is 12.8. The van der Waals surface area contributed by atoms with Crippen LogP contribution in [0.25, 0.3) is 0 Å². The summed E-state index contributed by atoms with van der Waals surface area (Å²) in [5.74, 6) is 1.06. The molecule has 2 heterocycles. The van der Waals surface area contributed by atoms with Gasteiger partial charge in [-0.05, 0) is 81.3 Å². The number of carbonyl (C=O) groups excluding carboxylic acids is 2. The van der Waals surface area contributed by atoms with Gasteiger partial charge in [0, 0.05) is 50.5 Å². The molecule has 1 amide bonds. The zero-order chi connectivity index (χ0) is 30.9. The molecule has 6 N–H and O–H groups in total. The van der Waals surface area contributed by atoms with Crippen LogP contribution in [0, 0.1) is 11.8 Å². The van der Waals surface area contributed by atoms with Gasteiger partial charge in [-0.15, -0.1) is 0 Å². The number of phenols is 1. The molecule has 1 saturated heterocycles. The predicted octanol–water partition coefficient (Wildman–Crippen LogP) is 4.09. The summed E-state index contributed by atoms with van der Waals surface area (Å²) in [4.78, 5) is 30.7. The molecule has 10 nitrogen and oxygen atoms in total. The van der Waals surface area contributed by atoms with Crippen LogP contribution in [0.3, 0.4) is 0 Å². The number of amides is 1. The Kier molecular flexibility index (Phi) is 12.0. The second kappa shape index (κ2) is 15.6. The number of carbonyl (C=O) groups is 2. The fourth-order valence-electron chi connectivity index (χ4n) is 7.12. The van der Waals surface area contributed by atoms with E-state index in [1.807, 2.05) is 6.07 Å². The van der Waals surface area contributed by atoms with Crippen LogP contribution in [0.5, 0.6) is 11.5 Å². The van der Waals surface area contributed by atoms with Gasteiger partial charge >= 0.3 is 5.97 Å². The maximum absolute atomic E-state index is 12.9. The Morgan fingerprint density at radius 3 is 2.77 bits per heavy atom. The minimum atomic E-state index is -0.521. The zero-order valence-electron chi connectivity index (χ0n) is 26.1. The molecule has 0 spiro atoms. The highest BCUT2D eigenvalue weighted by Crippen LogP contribution is 2.45. The van der Waals surface area contributed by atoms with Crippen LogP contribution < -0.4 is 16.2 Å². The van der Waals surface area contributed by atoms with E-state index in [9.17, 15) is 19.8 Å². The lowest BCUT2D eigenvalue weighted by Gasteiger charge is -2.24. The van der Waals surface area contributed by atoms with E-state index in [0.29, 0.717) is 69.0 Å². The van der Waals surface area contributed by atoms with Crippen molar-refractivity contribution in [1.82, 2.24) is 4.90 Å². The van der Waals surface area contributed by atoms with E-state index in [1.165, 1.54) is 6.92 Å². The highest BCUT2D eigenvalue weighted by Gasteiger charge is 2.36. The highest BCUT2D eigenvalue weighted by atomic mass is 16.5. The van der Waals surface area contributed by atoms with Crippen molar-refractivity contribution in [3.63, 3.8) is 0 Å². The van der Waals surface area contributed by atoms with E-state index in [-0.39, 0.29) is 35.6 Å². The SMILES string of the molecule is CCCCC[C@H](O)C[C@@H](CCc1cc(CN2C[C@@H](CCN=C(N)N)CC2=O)c(O)c2c1CC[C@H]1CCC[C@H]1O2)OC(C)=O. The second-order valence-corrected chi connectivity index (χ2v) is 12.8. The van der Waals surface area contributed by atoms with Gasteiger partial charge in [0.05, 0.1) is 6.10 Å². The van der Waals surface area contributed by atoms with Crippen LogP contribution >= 0.6 is 0 Å². The quantitative estimate of drug-likeness (QED) is 0.101. The summed E-state index contributed by atoms with van der Waals surface area (Å²) >= 11 is 0. The third-order valence-corrected chi connectivity index (χ3v) is 9.38. The van der Waals surface area contributed by atoms with Gasteiger partial charge < -0.3 is 36.1 Å². The summed E-state index contributed by atoms with van der Waals surface area (Å²) < 4.78 is 12.2. The smallest absolute Gasteiger partial charge is 0.302 e. The molecule has 43 heavy (non-hydrogen) atoms. The number of phenolic OH excluding ortho intramolecular Hbond substituents is 1. The molecular formula is C33H52N4O6. The summed E-state index contributed by atoms with van der Waals surface area (Å²) in [7, 11) is 0. The van der Waals surface area contributed by atoms with E-state index in [0.717, 1.165) is 68.9 Å². The summed E-state index contributed by atoms with van der Waals surface area (Å²) in [5, 5.41) is 22.2. The van der Waals surface area contributed by atoms with Crippen molar-refractivity contribution in [1.29, 1.82) is 0 Å². The third-order valence-electron chi connectivity index (χ3n) is 9.38. The van der Waals surface area contributed by atoms with Gasteiger partial charge in [0.2, 0.25) is 5.91 Å². The minimum absolute atomic E-state index is 0.0503. The topological polar surface area (TPSA) is 161 Å². The monoisotopic (exact) mass is 600 g/mol. The molecule has 240 valence electrons. The number of likely N-dealkylation sites (tertiary alicyclic amines) is 1. The summed E-state index contributed by atoms with van der Waals surface area (Å²) in [6, 6.07) is 2.02. The predicted molar refractivity (Wildman–Crippen MR) is 166 cm³/mol. The van der Waals surface area contributed by atoms with E-state index < -0.39 is 12.2 Å². The average molecular weight is 601 g/mol. The number of esters is 1. The van der Waals surface area contributed by atoms with Gasteiger partial charge in [-0.2, -0.15) is 0 Å². The molecule has 1 aromatic carbocycles. The van der Waals surface area contributed by atoms with Crippen molar-refractivity contribution in [3.8, 4) is 11.5 Å². The van der Waals surface area contributed by atoms with E-state index >= 15 is 0 Å². The van der Waals surface area contributed by atoms with Crippen molar-refractivity contribution in [2.45, 2.75) is 129 Å². The summed E-state index contributed by atoms with van der Waals surface area (Å²) in [6.07, 6.45) is 10.8. The van der Waals surface area contributed by atoms with Crippen LogP contribution in [0.1, 0.15) is 108 Å². The fraction of sp³-hybridized carbons (Fsp3) is 0.727. The first-order valence-electron chi connectivity index (χ1n) is 16.4. The average Bonchev–Trinajstić information content (AvgIpc) is 3.48. The standard InChI is InChI=1S/C33H52N4O6/c1-3-4-5-8-26(39)18-27(42-21(2)38)12-10-24-17-25(20-37-19-22(16-30(37)40)14-15-36-33(34)35)31(41)32-28(24)13-11-23-7-6-9-29(23)43-32/h17,22-23,26-27,29,39,41H,3-16,18-20H2,1-2H3,(H4,34,35,36)/t22-,23+,26-,27+,29+/m0/s1.